The molecule has 0 unspecified atom stereocenters. The second-order valence-electron chi connectivity index (χ2n) is 5.16. The second-order valence-corrected chi connectivity index (χ2v) is 5.16. The smallest absolute Gasteiger partial charge is 0.303 e. The average molecular weight is 337 g/mol. The molecule has 0 saturated heterocycles. The number of nitriles is 1. The molecule has 2 aromatic carbocycles. The summed E-state index contributed by atoms with van der Waals surface area (Å²) in [6.45, 7) is 0. The first-order valence-corrected chi connectivity index (χ1v) is 7.38. The van der Waals surface area contributed by atoms with E-state index in [9.17, 15) is 9.59 Å². The maximum Gasteiger partial charge on any atom is 0.303 e. The highest BCUT2D eigenvalue weighted by atomic mass is 16.4. The Labute approximate surface area is 143 Å². The molecule has 1 amide bonds. The summed E-state index contributed by atoms with van der Waals surface area (Å²) in [5.74, 6) is -1.34. The molecule has 0 bridgehead atoms. The normalized spacial score (nSPS) is 10.8. The van der Waals surface area contributed by atoms with Crippen molar-refractivity contribution < 1.29 is 19.9 Å². The molecular weight excluding hydrogens is 322 g/mol. The number of oxime groups is 1. The lowest BCUT2D eigenvalue weighted by Crippen LogP contribution is -2.12. The SMILES string of the molecule is N#Cc1cccc(C(=O)Nc2ccc(C(CCC(=O)O)=NO)cc2)c1. The van der Waals surface area contributed by atoms with Gasteiger partial charge in [0.2, 0.25) is 0 Å². The molecule has 7 nitrogen and oxygen atoms in total. The molecule has 126 valence electrons. The van der Waals surface area contributed by atoms with Crippen LogP contribution >= 0.6 is 0 Å². The first-order chi connectivity index (χ1) is 12.0. The molecule has 0 heterocycles. The minimum atomic E-state index is -0.982. The molecule has 3 N–H and O–H groups in total. The summed E-state index contributed by atoms with van der Waals surface area (Å²) in [6, 6.07) is 14.8. The van der Waals surface area contributed by atoms with Crippen LogP contribution in [-0.2, 0) is 4.79 Å². The van der Waals surface area contributed by atoms with E-state index in [4.69, 9.17) is 15.6 Å². The van der Waals surface area contributed by atoms with Gasteiger partial charge in [-0.15, -0.1) is 0 Å². The molecule has 0 spiro atoms. The summed E-state index contributed by atoms with van der Waals surface area (Å²) >= 11 is 0. The average Bonchev–Trinajstić information content (AvgIpc) is 2.63. The number of carbonyl (C=O) groups excluding carboxylic acids is 1. The summed E-state index contributed by atoms with van der Waals surface area (Å²) in [7, 11) is 0. The number of carboxylic acid groups (broad SMARTS) is 1. The van der Waals surface area contributed by atoms with E-state index in [0.717, 1.165) is 0 Å². The molecule has 0 saturated carbocycles. The Hall–Kier alpha value is -3.66. The monoisotopic (exact) mass is 337 g/mol. The number of anilines is 1. The zero-order valence-electron chi connectivity index (χ0n) is 13.1. The van der Waals surface area contributed by atoms with Crippen LogP contribution in [0, 0.1) is 11.3 Å². The van der Waals surface area contributed by atoms with Crippen molar-refractivity contribution in [1.82, 2.24) is 0 Å². The maximum absolute atomic E-state index is 12.2. The highest BCUT2D eigenvalue weighted by Crippen LogP contribution is 2.14. The number of hydrogen-bond acceptors (Lipinski definition) is 5. The van der Waals surface area contributed by atoms with Gasteiger partial charge in [-0.1, -0.05) is 23.4 Å². The third-order valence-electron chi connectivity index (χ3n) is 3.43. The molecule has 7 heteroatoms. The van der Waals surface area contributed by atoms with Crippen LogP contribution in [0.15, 0.2) is 53.7 Å². The third kappa shape index (κ3) is 4.91. The Morgan fingerprint density at radius 3 is 2.40 bits per heavy atom. The van der Waals surface area contributed by atoms with Gasteiger partial charge in [0.15, 0.2) is 0 Å². The van der Waals surface area contributed by atoms with Gasteiger partial charge >= 0.3 is 5.97 Å². The Balaban J connectivity index is 2.08. The lowest BCUT2D eigenvalue weighted by atomic mass is 10.1. The van der Waals surface area contributed by atoms with Crippen LogP contribution in [0.25, 0.3) is 0 Å². The summed E-state index contributed by atoms with van der Waals surface area (Å²) in [5.41, 5.74) is 2.09. The van der Waals surface area contributed by atoms with Crippen molar-refractivity contribution in [3.05, 3.63) is 65.2 Å². The van der Waals surface area contributed by atoms with Gasteiger partial charge in [0, 0.05) is 17.7 Å². The lowest BCUT2D eigenvalue weighted by molar-refractivity contribution is -0.136. The first-order valence-electron chi connectivity index (χ1n) is 7.38. The lowest BCUT2D eigenvalue weighted by Gasteiger charge is -2.08. The molecule has 0 aliphatic heterocycles. The van der Waals surface area contributed by atoms with Crippen molar-refractivity contribution in [2.75, 3.05) is 5.32 Å². The van der Waals surface area contributed by atoms with Crippen LogP contribution in [0.2, 0.25) is 0 Å². The van der Waals surface area contributed by atoms with E-state index in [1.165, 1.54) is 6.07 Å². The van der Waals surface area contributed by atoms with Gasteiger partial charge in [-0.3, -0.25) is 9.59 Å². The third-order valence-corrected chi connectivity index (χ3v) is 3.43. The molecule has 2 aromatic rings. The van der Waals surface area contributed by atoms with Gasteiger partial charge in [-0.25, -0.2) is 0 Å². The number of hydrogen-bond donors (Lipinski definition) is 3. The molecule has 0 aliphatic carbocycles. The topological polar surface area (TPSA) is 123 Å². The van der Waals surface area contributed by atoms with Crippen LogP contribution in [0.5, 0.6) is 0 Å². The van der Waals surface area contributed by atoms with Gasteiger partial charge in [-0.05, 0) is 35.9 Å². The number of carboxylic acids is 1. The molecule has 25 heavy (non-hydrogen) atoms. The Bertz CT molecular complexity index is 851. The molecular formula is C18H15N3O4. The van der Waals surface area contributed by atoms with Crippen LogP contribution in [-0.4, -0.2) is 27.9 Å². The van der Waals surface area contributed by atoms with Crippen molar-refractivity contribution in [3.63, 3.8) is 0 Å². The predicted molar refractivity (Wildman–Crippen MR) is 90.7 cm³/mol. The molecule has 0 aliphatic rings. The summed E-state index contributed by atoms with van der Waals surface area (Å²) in [4.78, 5) is 22.8. The van der Waals surface area contributed by atoms with Gasteiger partial charge < -0.3 is 15.6 Å². The van der Waals surface area contributed by atoms with Gasteiger partial charge in [0.25, 0.3) is 5.91 Å². The van der Waals surface area contributed by atoms with Gasteiger partial charge in [0.05, 0.1) is 23.8 Å². The Kier molecular flexibility index (Phi) is 5.85. The van der Waals surface area contributed by atoms with E-state index in [-0.39, 0.29) is 24.5 Å². The Morgan fingerprint density at radius 2 is 1.80 bits per heavy atom. The number of aliphatic carboxylic acids is 1. The number of nitrogens with one attached hydrogen (secondary N) is 1. The standard InChI is InChI=1S/C18H15N3O4/c19-11-12-2-1-3-14(10-12)18(24)20-15-6-4-13(5-7-15)16(21-25)8-9-17(22)23/h1-7,10,25H,8-9H2,(H,20,24)(H,22,23). The van der Waals surface area contributed by atoms with E-state index in [0.29, 0.717) is 22.4 Å². The molecule has 0 aromatic heterocycles. The Morgan fingerprint density at radius 1 is 1.08 bits per heavy atom. The fourth-order valence-electron chi connectivity index (χ4n) is 2.16. The maximum atomic E-state index is 12.2. The highest BCUT2D eigenvalue weighted by molar-refractivity contribution is 6.05. The van der Waals surface area contributed by atoms with E-state index in [1.54, 1.807) is 42.5 Å². The summed E-state index contributed by atoms with van der Waals surface area (Å²) < 4.78 is 0. The minimum absolute atomic E-state index is 0.0957. The van der Waals surface area contributed by atoms with Gasteiger partial charge in [0.1, 0.15) is 0 Å². The number of benzene rings is 2. The quantitative estimate of drug-likeness (QED) is 0.425. The van der Waals surface area contributed by atoms with Crippen molar-refractivity contribution in [3.8, 4) is 6.07 Å². The summed E-state index contributed by atoms with van der Waals surface area (Å²) in [5, 5.41) is 32.4. The van der Waals surface area contributed by atoms with Crippen LogP contribution in [0.1, 0.15) is 34.3 Å². The van der Waals surface area contributed by atoms with Crippen molar-refractivity contribution >= 4 is 23.3 Å². The zero-order chi connectivity index (χ0) is 18.2. The highest BCUT2D eigenvalue weighted by Gasteiger charge is 2.10. The number of nitrogens with zero attached hydrogens (tertiary/aromatic N) is 2. The van der Waals surface area contributed by atoms with E-state index in [2.05, 4.69) is 10.5 Å². The molecule has 0 fully saturated rings. The van der Waals surface area contributed by atoms with E-state index < -0.39 is 5.97 Å². The number of carbonyl (C=O) groups is 2. The van der Waals surface area contributed by atoms with Crippen molar-refractivity contribution in [1.29, 1.82) is 5.26 Å². The minimum Gasteiger partial charge on any atom is -0.481 e. The largest absolute Gasteiger partial charge is 0.481 e. The predicted octanol–water partition coefficient (Wildman–Crippen LogP) is 2.85. The van der Waals surface area contributed by atoms with Crippen molar-refractivity contribution in [2.24, 2.45) is 5.16 Å². The van der Waals surface area contributed by atoms with Gasteiger partial charge in [-0.2, -0.15) is 5.26 Å². The zero-order valence-corrected chi connectivity index (χ0v) is 13.1. The van der Waals surface area contributed by atoms with Crippen molar-refractivity contribution in [2.45, 2.75) is 12.8 Å². The number of amides is 1. The fourth-order valence-corrected chi connectivity index (χ4v) is 2.16. The second kappa shape index (κ2) is 8.26. The van der Waals surface area contributed by atoms with Crippen LogP contribution in [0.4, 0.5) is 5.69 Å². The summed E-state index contributed by atoms with van der Waals surface area (Å²) in [6.07, 6.45) is -0.0500. The van der Waals surface area contributed by atoms with Crippen LogP contribution < -0.4 is 5.32 Å². The number of rotatable bonds is 6. The van der Waals surface area contributed by atoms with Crippen LogP contribution in [0.3, 0.4) is 0 Å². The molecule has 0 radical (unpaired) electrons. The van der Waals surface area contributed by atoms with E-state index in [1.807, 2.05) is 6.07 Å². The molecule has 0 atom stereocenters. The fraction of sp³-hybridized carbons (Fsp3) is 0.111. The molecule has 2 rings (SSSR count). The first kappa shape index (κ1) is 17.7. The van der Waals surface area contributed by atoms with E-state index >= 15 is 0 Å².